The van der Waals surface area contributed by atoms with Crippen molar-refractivity contribution in [3.63, 3.8) is 0 Å². The lowest BCUT2D eigenvalue weighted by molar-refractivity contribution is 0.413. The Bertz CT molecular complexity index is 726. The van der Waals surface area contributed by atoms with Crippen molar-refractivity contribution in [1.82, 2.24) is 4.90 Å². The molecule has 1 heteroatoms. The van der Waals surface area contributed by atoms with Gasteiger partial charge < -0.3 is 4.90 Å². The Morgan fingerprint density at radius 1 is 1.00 bits per heavy atom. The third-order valence-electron chi connectivity index (χ3n) is 5.43. The summed E-state index contributed by atoms with van der Waals surface area (Å²) in [6.45, 7) is 1.12. The van der Waals surface area contributed by atoms with E-state index in [9.17, 15) is 0 Å². The number of likely N-dealkylation sites (N-methyl/N-ethyl adjacent to an activating group) is 1. The molecule has 4 rings (SSSR count). The van der Waals surface area contributed by atoms with Gasteiger partial charge in [0.05, 0.1) is 0 Å². The molecule has 2 aliphatic carbocycles. The summed E-state index contributed by atoms with van der Waals surface area (Å²) in [5.41, 5.74) is 4.84. The highest BCUT2D eigenvalue weighted by Crippen LogP contribution is 2.49. The van der Waals surface area contributed by atoms with E-state index in [4.69, 9.17) is 0 Å². The lowest BCUT2D eigenvalue weighted by atomic mass is 9.79. The maximum Gasteiger partial charge on any atom is 0.0193 e. The molecule has 2 unspecified atom stereocenters. The minimum Gasteiger partial charge on any atom is -0.305 e. The summed E-state index contributed by atoms with van der Waals surface area (Å²) >= 11 is 0. The van der Waals surface area contributed by atoms with Crippen molar-refractivity contribution < 1.29 is 0 Å². The zero-order chi connectivity index (χ0) is 15.1. The lowest BCUT2D eigenvalue weighted by Crippen LogP contribution is -2.21. The van der Waals surface area contributed by atoms with Crippen molar-refractivity contribution >= 4 is 16.3 Å². The van der Waals surface area contributed by atoms with Crippen LogP contribution in [0.4, 0.5) is 0 Å². The first-order chi connectivity index (χ1) is 10.7. The van der Waals surface area contributed by atoms with Crippen LogP contribution in [0, 0.1) is 11.8 Å². The van der Waals surface area contributed by atoms with Crippen LogP contribution in [0.3, 0.4) is 0 Å². The van der Waals surface area contributed by atoms with Gasteiger partial charge in [0, 0.05) is 6.54 Å². The summed E-state index contributed by atoms with van der Waals surface area (Å²) < 4.78 is 0. The van der Waals surface area contributed by atoms with Crippen LogP contribution in [0.25, 0.3) is 16.3 Å². The van der Waals surface area contributed by atoms with Crippen LogP contribution in [0.15, 0.2) is 48.0 Å². The molecule has 2 aromatic carbocycles. The van der Waals surface area contributed by atoms with Crippen molar-refractivity contribution in [3.05, 3.63) is 53.6 Å². The Labute approximate surface area is 133 Å². The minimum atomic E-state index is 0.801. The summed E-state index contributed by atoms with van der Waals surface area (Å²) in [5.74, 6) is 1.75. The van der Waals surface area contributed by atoms with Crippen LogP contribution in [0.5, 0.6) is 0 Å². The van der Waals surface area contributed by atoms with Gasteiger partial charge in [-0.15, -0.1) is 0 Å². The van der Waals surface area contributed by atoms with Gasteiger partial charge in [0.1, 0.15) is 0 Å². The van der Waals surface area contributed by atoms with E-state index in [0.717, 1.165) is 18.4 Å². The first-order valence-electron chi connectivity index (χ1n) is 8.56. The second-order valence-corrected chi connectivity index (χ2v) is 7.40. The van der Waals surface area contributed by atoms with E-state index in [1.165, 1.54) is 42.0 Å². The molecule has 0 heterocycles. The Balaban J connectivity index is 1.82. The molecule has 0 spiro atoms. The molecular weight excluding hydrogens is 266 g/mol. The van der Waals surface area contributed by atoms with Crippen LogP contribution >= 0.6 is 0 Å². The fourth-order valence-electron chi connectivity index (χ4n) is 4.60. The maximum absolute atomic E-state index is 2.42. The molecule has 1 nitrogen and oxygen atoms in total. The van der Waals surface area contributed by atoms with Crippen molar-refractivity contribution in [2.45, 2.75) is 25.7 Å². The topological polar surface area (TPSA) is 3.24 Å². The number of benzene rings is 2. The molecule has 2 aromatic rings. The molecule has 1 saturated carbocycles. The average Bonchev–Trinajstić information content (AvgIpc) is 2.88. The molecule has 0 aliphatic heterocycles. The summed E-state index contributed by atoms with van der Waals surface area (Å²) in [6, 6.07) is 15.8. The van der Waals surface area contributed by atoms with Crippen molar-refractivity contribution in [1.29, 1.82) is 0 Å². The van der Waals surface area contributed by atoms with E-state index in [1.54, 1.807) is 11.1 Å². The number of nitrogens with zero attached hydrogens (tertiary/aromatic N) is 1. The van der Waals surface area contributed by atoms with E-state index in [2.05, 4.69) is 61.5 Å². The highest BCUT2D eigenvalue weighted by atomic mass is 15.0. The van der Waals surface area contributed by atoms with E-state index >= 15 is 0 Å². The van der Waals surface area contributed by atoms with Crippen LogP contribution in [-0.4, -0.2) is 25.5 Å². The summed E-state index contributed by atoms with van der Waals surface area (Å²) in [5, 5.41) is 2.72. The van der Waals surface area contributed by atoms with E-state index in [-0.39, 0.29) is 0 Å². The van der Waals surface area contributed by atoms with Crippen molar-refractivity contribution in [2.75, 3.05) is 20.6 Å². The molecule has 22 heavy (non-hydrogen) atoms. The van der Waals surface area contributed by atoms with Crippen molar-refractivity contribution in [2.24, 2.45) is 11.8 Å². The first-order valence-corrected chi connectivity index (χ1v) is 8.56. The molecule has 0 N–H and O–H groups in total. The zero-order valence-corrected chi connectivity index (χ0v) is 13.7. The first kappa shape index (κ1) is 14.0. The second-order valence-electron chi connectivity index (χ2n) is 7.40. The summed E-state index contributed by atoms with van der Waals surface area (Å²) in [6.07, 6.45) is 5.55. The quantitative estimate of drug-likeness (QED) is 0.771. The van der Waals surface area contributed by atoms with Crippen LogP contribution < -0.4 is 0 Å². The molecule has 2 aliphatic rings. The zero-order valence-electron chi connectivity index (χ0n) is 13.7. The third-order valence-corrected chi connectivity index (χ3v) is 5.43. The molecule has 114 valence electrons. The molecule has 0 radical (unpaired) electrons. The minimum absolute atomic E-state index is 0.801. The Morgan fingerprint density at radius 2 is 1.82 bits per heavy atom. The van der Waals surface area contributed by atoms with E-state index < -0.39 is 0 Å². The molecule has 2 bridgehead atoms. The Kier molecular flexibility index (Phi) is 3.54. The fourth-order valence-corrected chi connectivity index (χ4v) is 4.60. The van der Waals surface area contributed by atoms with Crippen molar-refractivity contribution in [3.8, 4) is 0 Å². The second kappa shape index (κ2) is 5.55. The van der Waals surface area contributed by atoms with Gasteiger partial charge in [-0.2, -0.15) is 0 Å². The smallest absolute Gasteiger partial charge is 0.0193 e. The number of hydrogen-bond acceptors (Lipinski definition) is 1. The average molecular weight is 291 g/mol. The normalized spacial score (nSPS) is 24.5. The molecule has 0 saturated heterocycles. The number of rotatable bonds is 3. The number of allylic oxidation sites excluding steroid dienone is 1. The van der Waals surface area contributed by atoms with Gasteiger partial charge in [0.15, 0.2) is 0 Å². The van der Waals surface area contributed by atoms with Gasteiger partial charge in [-0.05, 0) is 79.6 Å². The van der Waals surface area contributed by atoms with Gasteiger partial charge in [-0.25, -0.2) is 0 Å². The predicted molar refractivity (Wildman–Crippen MR) is 94.9 cm³/mol. The van der Waals surface area contributed by atoms with Crippen LogP contribution in [0.1, 0.15) is 31.2 Å². The molecule has 0 aromatic heterocycles. The van der Waals surface area contributed by atoms with Gasteiger partial charge in [0.25, 0.3) is 0 Å². The number of hydrogen-bond donors (Lipinski definition) is 0. The maximum atomic E-state index is 2.42. The highest BCUT2D eigenvalue weighted by molar-refractivity contribution is 5.87. The molecule has 0 amide bonds. The Hall–Kier alpha value is -1.60. The van der Waals surface area contributed by atoms with Crippen LogP contribution in [0.2, 0.25) is 0 Å². The highest BCUT2D eigenvalue weighted by Gasteiger charge is 2.35. The summed E-state index contributed by atoms with van der Waals surface area (Å²) in [4.78, 5) is 2.33. The van der Waals surface area contributed by atoms with Gasteiger partial charge in [-0.1, -0.05) is 42.0 Å². The van der Waals surface area contributed by atoms with Gasteiger partial charge >= 0.3 is 0 Å². The van der Waals surface area contributed by atoms with Crippen LogP contribution in [-0.2, 0) is 0 Å². The summed E-state index contributed by atoms with van der Waals surface area (Å²) in [7, 11) is 4.39. The van der Waals surface area contributed by atoms with E-state index in [1.807, 2.05) is 0 Å². The largest absolute Gasteiger partial charge is 0.305 e. The molecular formula is C21H25N. The molecule has 1 fully saturated rings. The number of fused-ring (bicyclic) bond motifs is 3. The fraction of sp³-hybridized carbons (Fsp3) is 0.429. The van der Waals surface area contributed by atoms with Gasteiger partial charge in [-0.3, -0.25) is 0 Å². The monoisotopic (exact) mass is 291 g/mol. The predicted octanol–water partition coefficient (Wildman–Crippen LogP) is 4.98. The SMILES string of the molecule is CN(C)CC1=C(c2ccc3ccccc3c2)C2CCC(C1)C2. The molecule has 2 atom stereocenters. The van der Waals surface area contributed by atoms with Gasteiger partial charge in [0.2, 0.25) is 0 Å². The van der Waals surface area contributed by atoms with E-state index in [0.29, 0.717) is 0 Å². The Morgan fingerprint density at radius 3 is 2.64 bits per heavy atom. The third kappa shape index (κ3) is 2.48. The standard InChI is InChI=1S/C21H25N/c1-22(2)14-20-12-15-7-8-18(11-15)21(20)19-10-9-16-5-3-4-6-17(16)13-19/h3-6,9-10,13,15,18H,7-8,11-12,14H2,1-2H3. The lowest BCUT2D eigenvalue weighted by Gasteiger charge is -2.29.